The molecule has 3 aromatic heterocycles. The van der Waals surface area contributed by atoms with E-state index in [-0.39, 0.29) is 10.3 Å². The van der Waals surface area contributed by atoms with Gasteiger partial charge in [-0.2, -0.15) is 0 Å². The highest BCUT2D eigenvalue weighted by molar-refractivity contribution is 7.94. The van der Waals surface area contributed by atoms with Crippen LogP contribution in [0.1, 0.15) is 23.4 Å². The van der Waals surface area contributed by atoms with Crippen molar-refractivity contribution in [2.24, 2.45) is 0 Å². The average Bonchev–Trinajstić information content (AvgIpc) is 3.43. The first kappa shape index (κ1) is 27.1. The molecule has 210 valence electrons. The lowest BCUT2D eigenvalue weighted by molar-refractivity contribution is 0.466. The van der Waals surface area contributed by atoms with Gasteiger partial charge in [0.05, 0.1) is 28.1 Å². The first-order valence-corrected chi connectivity index (χ1v) is 15.6. The van der Waals surface area contributed by atoms with Crippen LogP contribution in [0.4, 0.5) is 11.6 Å². The number of aromatic nitrogens is 4. The number of fused-ring (bicyclic) bond motifs is 1. The second-order valence-electron chi connectivity index (χ2n) is 9.83. The Balaban J connectivity index is 1.33. The monoisotopic (exact) mass is 587 g/mol. The third kappa shape index (κ3) is 5.85. The molecule has 0 spiro atoms. The Morgan fingerprint density at radius 1 is 1.00 bits per heavy atom. The molecule has 1 aliphatic rings. The highest BCUT2D eigenvalue weighted by Crippen LogP contribution is 2.39. The lowest BCUT2D eigenvalue weighted by Crippen LogP contribution is -2.38. The highest BCUT2D eigenvalue weighted by atomic mass is 32.2. The summed E-state index contributed by atoms with van der Waals surface area (Å²) in [6, 6.07) is 15.1. The van der Waals surface area contributed by atoms with Gasteiger partial charge >= 0.3 is 0 Å². The summed E-state index contributed by atoms with van der Waals surface area (Å²) in [5.74, 6) is 1.52. The molecule has 0 radical (unpaired) electrons. The Labute approximate surface area is 242 Å². The summed E-state index contributed by atoms with van der Waals surface area (Å²) in [5.41, 5.74) is 2.72. The first-order chi connectivity index (χ1) is 19.9. The van der Waals surface area contributed by atoms with Crippen molar-refractivity contribution >= 4 is 43.8 Å². The Morgan fingerprint density at radius 3 is 2.71 bits per heavy atom. The number of hydrogen-bond acceptors (Lipinski definition) is 10. The fourth-order valence-electron chi connectivity index (χ4n) is 4.82. The minimum atomic E-state index is -3.79. The molecular formula is C29H29N7O3S2. The molecule has 6 rings (SSSR count). The van der Waals surface area contributed by atoms with E-state index in [4.69, 9.17) is 9.72 Å². The van der Waals surface area contributed by atoms with Crippen molar-refractivity contribution in [3.05, 3.63) is 77.7 Å². The molecule has 12 heteroatoms. The Kier molecular flexibility index (Phi) is 7.52. The maximum atomic E-state index is 13.1. The zero-order valence-electron chi connectivity index (χ0n) is 22.6. The number of anilines is 2. The number of benzene rings is 2. The molecule has 10 nitrogen and oxygen atoms in total. The number of aryl methyl sites for hydroxylation is 2. The number of ether oxygens (including phenoxy) is 1. The molecule has 3 N–H and O–H groups in total. The molecule has 1 aliphatic heterocycles. The van der Waals surface area contributed by atoms with Crippen molar-refractivity contribution in [3.63, 3.8) is 0 Å². The van der Waals surface area contributed by atoms with Crippen LogP contribution >= 0.6 is 11.3 Å². The second kappa shape index (κ2) is 11.4. The van der Waals surface area contributed by atoms with Crippen LogP contribution in [-0.4, -0.2) is 47.5 Å². The molecule has 5 aromatic rings. The minimum Gasteiger partial charge on any atom is -0.437 e. The summed E-state index contributed by atoms with van der Waals surface area (Å²) in [5, 5.41) is 8.95. The standard InChI is InChI=1S/C29H29N7O3S2/c1-18-10-11-21-22(7-3-9-25(21)36-41(37,38)26-17-33-19(2)40-26)27(18)39-28-23(8-5-14-31-28)24-12-15-32-29(35-24)34-20-6-4-13-30-16-20/h3,5,7-12,14-15,17,20,30,36H,4,6,13,16H2,1-2H3,(H,32,34,35)/t20-/m0/s1. The number of nitrogens with one attached hydrogen (secondary N) is 3. The van der Waals surface area contributed by atoms with E-state index in [9.17, 15) is 8.42 Å². The maximum Gasteiger partial charge on any atom is 0.273 e. The van der Waals surface area contributed by atoms with Crippen molar-refractivity contribution in [2.75, 3.05) is 23.1 Å². The van der Waals surface area contributed by atoms with Gasteiger partial charge in [0.25, 0.3) is 10.0 Å². The van der Waals surface area contributed by atoms with Crippen molar-refractivity contribution < 1.29 is 13.2 Å². The predicted octanol–water partition coefficient (Wildman–Crippen LogP) is 5.52. The van der Waals surface area contributed by atoms with Crippen LogP contribution in [0.2, 0.25) is 0 Å². The lowest BCUT2D eigenvalue weighted by Gasteiger charge is -2.23. The normalized spacial score (nSPS) is 15.5. The summed E-state index contributed by atoms with van der Waals surface area (Å²) in [4.78, 5) is 17.8. The molecule has 0 amide bonds. The van der Waals surface area contributed by atoms with Gasteiger partial charge in [0.2, 0.25) is 11.8 Å². The highest BCUT2D eigenvalue weighted by Gasteiger charge is 2.21. The minimum absolute atomic E-state index is 0.159. The van der Waals surface area contributed by atoms with Gasteiger partial charge in [-0.3, -0.25) is 4.72 Å². The van der Waals surface area contributed by atoms with Crippen molar-refractivity contribution in [1.29, 1.82) is 0 Å². The second-order valence-corrected chi connectivity index (χ2v) is 13.0. The third-order valence-electron chi connectivity index (χ3n) is 6.85. The molecular weight excluding hydrogens is 558 g/mol. The zero-order valence-corrected chi connectivity index (χ0v) is 24.2. The Morgan fingerprint density at radius 2 is 1.90 bits per heavy atom. The van der Waals surface area contributed by atoms with Crippen LogP contribution in [0.15, 0.2) is 71.3 Å². The molecule has 0 aliphatic carbocycles. The summed E-state index contributed by atoms with van der Waals surface area (Å²) < 4.78 is 35.5. The van der Waals surface area contributed by atoms with Crippen LogP contribution in [0.5, 0.6) is 11.6 Å². The van der Waals surface area contributed by atoms with E-state index in [0.717, 1.165) is 48.2 Å². The van der Waals surface area contributed by atoms with Gasteiger partial charge in [-0.1, -0.05) is 24.3 Å². The number of pyridine rings is 1. The fraction of sp³-hybridized carbons (Fsp3) is 0.241. The van der Waals surface area contributed by atoms with E-state index >= 15 is 0 Å². The number of thiazole rings is 1. The number of rotatable bonds is 8. The number of hydrogen-bond donors (Lipinski definition) is 3. The van der Waals surface area contributed by atoms with Gasteiger partial charge < -0.3 is 15.4 Å². The number of sulfonamides is 1. The van der Waals surface area contributed by atoms with E-state index < -0.39 is 10.0 Å². The molecule has 0 saturated carbocycles. The molecule has 2 aromatic carbocycles. The number of piperidine rings is 1. The SMILES string of the molecule is Cc1ncc(S(=O)(=O)Nc2cccc3c(Oc4ncccc4-c4ccnc(N[C@H]5CCCNC5)n4)c(C)ccc23)s1. The van der Waals surface area contributed by atoms with E-state index in [2.05, 4.69) is 30.3 Å². The van der Waals surface area contributed by atoms with Gasteiger partial charge in [-0.25, -0.2) is 28.4 Å². The van der Waals surface area contributed by atoms with E-state index in [0.29, 0.717) is 44.9 Å². The molecule has 1 atom stereocenters. The summed E-state index contributed by atoms with van der Waals surface area (Å²) in [6.07, 6.45) is 6.93. The Bertz CT molecular complexity index is 1820. The van der Waals surface area contributed by atoms with E-state index in [1.54, 1.807) is 31.5 Å². The lowest BCUT2D eigenvalue weighted by atomic mass is 10.0. The quantitative estimate of drug-likeness (QED) is 0.215. The topological polar surface area (TPSA) is 131 Å². The van der Waals surface area contributed by atoms with Crippen LogP contribution in [0.25, 0.3) is 22.0 Å². The van der Waals surface area contributed by atoms with Crippen LogP contribution in [-0.2, 0) is 10.0 Å². The molecule has 0 bridgehead atoms. The molecule has 4 heterocycles. The molecule has 41 heavy (non-hydrogen) atoms. The van der Waals surface area contributed by atoms with Gasteiger partial charge in [0.1, 0.15) is 5.75 Å². The molecule has 1 saturated heterocycles. The number of nitrogens with zero attached hydrogens (tertiary/aromatic N) is 4. The van der Waals surface area contributed by atoms with Crippen molar-refractivity contribution in [1.82, 2.24) is 25.3 Å². The average molecular weight is 588 g/mol. The van der Waals surface area contributed by atoms with Gasteiger partial charge in [-0.05, 0) is 63.1 Å². The third-order valence-corrected chi connectivity index (χ3v) is 9.59. The van der Waals surface area contributed by atoms with Crippen molar-refractivity contribution in [3.8, 4) is 22.9 Å². The van der Waals surface area contributed by atoms with Gasteiger partial charge in [0, 0.05) is 35.8 Å². The molecule has 0 unspecified atom stereocenters. The van der Waals surface area contributed by atoms with Crippen LogP contribution in [0, 0.1) is 13.8 Å². The first-order valence-electron chi connectivity index (χ1n) is 13.3. The maximum absolute atomic E-state index is 13.1. The van der Waals surface area contributed by atoms with E-state index in [1.165, 1.54) is 6.20 Å². The summed E-state index contributed by atoms with van der Waals surface area (Å²) >= 11 is 1.12. The smallest absolute Gasteiger partial charge is 0.273 e. The predicted molar refractivity (Wildman–Crippen MR) is 161 cm³/mol. The molecule has 1 fully saturated rings. The van der Waals surface area contributed by atoms with Crippen molar-refractivity contribution in [2.45, 2.75) is 36.9 Å². The van der Waals surface area contributed by atoms with E-state index in [1.807, 2.05) is 43.3 Å². The summed E-state index contributed by atoms with van der Waals surface area (Å²) in [7, 11) is -3.79. The zero-order chi connectivity index (χ0) is 28.4. The summed E-state index contributed by atoms with van der Waals surface area (Å²) in [6.45, 7) is 5.62. The van der Waals surface area contributed by atoms with Crippen LogP contribution in [0.3, 0.4) is 0 Å². The fourth-order valence-corrected chi connectivity index (χ4v) is 7.01. The van der Waals surface area contributed by atoms with Crippen LogP contribution < -0.4 is 20.1 Å². The largest absolute Gasteiger partial charge is 0.437 e. The van der Waals surface area contributed by atoms with Gasteiger partial charge in [-0.15, -0.1) is 11.3 Å². The Hall–Kier alpha value is -4.13. The van der Waals surface area contributed by atoms with Gasteiger partial charge in [0.15, 0.2) is 4.21 Å².